The molecule has 2 nitrogen and oxygen atoms in total. The van der Waals surface area contributed by atoms with Gasteiger partial charge in [0, 0.05) is 6.54 Å². The Balaban J connectivity index is 2.61. The third-order valence-corrected chi connectivity index (χ3v) is 3.42. The van der Waals surface area contributed by atoms with Gasteiger partial charge in [0.05, 0.1) is 11.3 Å². The van der Waals surface area contributed by atoms with E-state index in [1.165, 1.54) is 31.2 Å². The van der Waals surface area contributed by atoms with Crippen LogP contribution in [0.5, 0.6) is 0 Å². The van der Waals surface area contributed by atoms with E-state index in [-0.39, 0.29) is 0 Å². The average molecular weight is 244 g/mol. The van der Waals surface area contributed by atoms with Crippen molar-refractivity contribution < 1.29 is 0 Å². The topological polar surface area (TPSA) is 35.8 Å². The minimum Gasteiger partial charge on any atom is -0.384 e. The third kappa shape index (κ3) is 4.41. The molecule has 0 spiro atoms. The Hall–Kier alpha value is -1.49. The Morgan fingerprint density at radius 2 is 2.11 bits per heavy atom. The fraction of sp³-hybridized carbons (Fsp3) is 0.562. The van der Waals surface area contributed by atoms with Gasteiger partial charge in [0.2, 0.25) is 0 Å². The SMILES string of the molecule is CCCCC(CC)CNc1cc(C)ccc1C#N. The van der Waals surface area contributed by atoms with Crippen molar-refractivity contribution in [2.24, 2.45) is 5.92 Å². The van der Waals surface area contributed by atoms with Crippen molar-refractivity contribution in [3.63, 3.8) is 0 Å². The maximum Gasteiger partial charge on any atom is 0.101 e. The van der Waals surface area contributed by atoms with Gasteiger partial charge in [-0.2, -0.15) is 5.26 Å². The van der Waals surface area contributed by atoms with Crippen molar-refractivity contribution in [2.75, 3.05) is 11.9 Å². The molecule has 0 bridgehead atoms. The standard InChI is InChI=1S/C16H24N2/c1-4-6-7-14(5-2)12-18-16-10-13(3)8-9-15(16)11-17/h8-10,14,18H,4-7,12H2,1-3H3. The normalized spacial score (nSPS) is 11.9. The fourth-order valence-electron chi connectivity index (χ4n) is 2.10. The summed E-state index contributed by atoms with van der Waals surface area (Å²) in [7, 11) is 0. The predicted octanol–water partition coefficient (Wildman–Crippen LogP) is 4.50. The molecule has 0 radical (unpaired) electrons. The average Bonchev–Trinajstić information content (AvgIpc) is 2.39. The number of nitriles is 1. The maximum absolute atomic E-state index is 9.08. The highest BCUT2D eigenvalue weighted by atomic mass is 14.9. The second kappa shape index (κ2) is 7.76. The fourth-order valence-corrected chi connectivity index (χ4v) is 2.10. The van der Waals surface area contributed by atoms with Crippen LogP contribution in [0.3, 0.4) is 0 Å². The summed E-state index contributed by atoms with van der Waals surface area (Å²) in [6.07, 6.45) is 5.01. The highest BCUT2D eigenvalue weighted by Gasteiger charge is 2.07. The summed E-state index contributed by atoms with van der Waals surface area (Å²) in [5.41, 5.74) is 2.91. The number of hydrogen-bond acceptors (Lipinski definition) is 2. The molecule has 0 aliphatic carbocycles. The Morgan fingerprint density at radius 1 is 1.33 bits per heavy atom. The molecule has 0 aliphatic rings. The zero-order chi connectivity index (χ0) is 13.4. The molecule has 1 atom stereocenters. The molecule has 18 heavy (non-hydrogen) atoms. The van der Waals surface area contributed by atoms with Crippen LogP contribution in [0.1, 0.15) is 50.7 Å². The highest BCUT2D eigenvalue weighted by Crippen LogP contribution is 2.19. The molecule has 1 N–H and O–H groups in total. The van der Waals surface area contributed by atoms with Gasteiger partial charge in [-0.3, -0.25) is 0 Å². The summed E-state index contributed by atoms with van der Waals surface area (Å²) in [5, 5.41) is 12.5. The van der Waals surface area contributed by atoms with E-state index in [0.29, 0.717) is 5.92 Å². The monoisotopic (exact) mass is 244 g/mol. The van der Waals surface area contributed by atoms with E-state index in [1.54, 1.807) is 0 Å². The molecule has 1 aromatic rings. The van der Waals surface area contributed by atoms with E-state index in [0.717, 1.165) is 17.8 Å². The van der Waals surface area contributed by atoms with Crippen LogP contribution in [0, 0.1) is 24.2 Å². The first-order chi connectivity index (χ1) is 8.71. The molecular weight excluding hydrogens is 220 g/mol. The molecule has 0 fully saturated rings. The van der Waals surface area contributed by atoms with E-state index in [4.69, 9.17) is 5.26 Å². The lowest BCUT2D eigenvalue weighted by Gasteiger charge is -2.17. The summed E-state index contributed by atoms with van der Waals surface area (Å²) >= 11 is 0. The van der Waals surface area contributed by atoms with E-state index < -0.39 is 0 Å². The van der Waals surface area contributed by atoms with Crippen molar-refractivity contribution in [3.8, 4) is 6.07 Å². The Labute approximate surface area is 111 Å². The molecule has 0 amide bonds. The van der Waals surface area contributed by atoms with Crippen molar-refractivity contribution in [1.29, 1.82) is 5.26 Å². The number of nitrogens with zero attached hydrogens (tertiary/aromatic N) is 1. The van der Waals surface area contributed by atoms with Gasteiger partial charge < -0.3 is 5.32 Å². The summed E-state index contributed by atoms with van der Waals surface area (Å²) in [6, 6.07) is 8.18. The van der Waals surface area contributed by atoms with Gasteiger partial charge in [0.15, 0.2) is 0 Å². The number of anilines is 1. The van der Waals surface area contributed by atoms with Gasteiger partial charge in [0.1, 0.15) is 6.07 Å². The van der Waals surface area contributed by atoms with E-state index in [2.05, 4.69) is 38.2 Å². The zero-order valence-electron chi connectivity index (χ0n) is 11.8. The van der Waals surface area contributed by atoms with E-state index in [9.17, 15) is 0 Å². The number of benzene rings is 1. The van der Waals surface area contributed by atoms with Crippen molar-refractivity contribution in [1.82, 2.24) is 0 Å². The van der Waals surface area contributed by atoms with Crippen molar-refractivity contribution in [2.45, 2.75) is 46.5 Å². The van der Waals surface area contributed by atoms with Crippen LogP contribution in [0.15, 0.2) is 18.2 Å². The molecule has 2 heteroatoms. The molecular formula is C16H24N2. The molecule has 0 aromatic heterocycles. The van der Waals surface area contributed by atoms with Crippen molar-refractivity contribution in [3.05, 3.63) is 29.3 Å². The Bertz CT molecular complexity index is 404. The van der Waals surface area contributed by atoms with Crippen LogP contribution in [0.25, 0.3) is 0 Å². The quantitative estimate of drug-likeness (QED) is 0.766. The molecule has 1 unspecified atom stereocenters. The Morgan fingerprint density at radius 3 is 2.72 bits per heavy atom. The largest absolute Gasteiger partial charge is 0.384 e. The lowest BCUT2D eigenvalue weighted by Crippen LogP contribution is -2.14. The third-order valence-electron chi connectivity index (χ3n) is 3.42. The summed E-state index contributed by atoms with van der Waals surface area (Å²) in [5.74, 6) is 0.706. The van der Waals surface area contributed by atoms with Gasteiger partial charge in [-0.15, -0.1) is 0 Å². The predicted molar refractivity (Wildman–Crippen MR) is 77.7 cm³/mol. The van der Waals surface area contributed by atoms with Crippen LogP contribution in [-0.2, 0) is 0 Å². The molecule has 0 saturated heterocycles. The van der Waals surface area contributed by atoms with Crippen LogP contribution in [-0.4, -0.2) is 6.54 Å². The van der Waals surface area contributed by atoms with Gasteiger partial charge >= 0.3 is 0 Å². The van der Waals surface area contributed by atoms with Crippen LogP contribution >= 0.6 is 0 Å². The van der Waals surface area contributed by atoms with E-state index >= 15 is 0 Å². The van der Waals surface area contributed by atoms with E-state index in [1.807, 2.05) is 12.1 Å². The number of unbranched alkanes of at least 4 members (excludes halogenated alkanes) is 1. The summed E-state index contributed by atoms with van der Waals surface area (Å²) < 4.78 is 0. The van der Waals surface area contributed by atoms with Crippen LogP contribution in [0.2, 0.25) is 0 Å². The van der Waals surface area contributed by atoms with Gasteiger partial charge in [-0.05, 0) is 37.0 Å². The summed E-state index contributed by atoms with van der Waals surface area (Å²) in [6.45, 7) is 7.49. The first-order valence-electron chi connectivity index (χ1n) is 6.95. The van der Waals surface area contributed by atoms with Gasteiger partial charge in [-0.25, -0.2) is 0 Å². The first kappa shape index (κ1) is 14.6. The minimum atomic E-state index is 0.706. The molecule has 0 saturated carbocycles. The first-order valence-corrected chi connectivity index (χ1v) is 6.95. The van der Waals surface area contributed by atoms with Crippen molar-refractivity contribution >= 4 is 5.69 Å². The number of nitrogens with one attached hydrogen (secondary N) is 1. The van der Waals surface area contributed by atoms with Gasteiger partial charge in [0.25, 0.3) is 0 Å². The van der Waals surface area contributed by atoms with Crippen LogP contribution in [0.4, 0.5) is 5.69 Å². The summed E-state index contributed by atoms with van der Waals surface area (Å²) in [4.78, 5) is 0. The molecule has 98 valence electrons. The minimum absolute atomic E-state index is 0.706. The molecule has 0 heterocycles. The number of aryl methyl sites for hydroxylation is 1. The van der Waals surface area contributed by atoms with Gasteiger partial charge in [-0.1, -0.05) is 39.2 Å². The number of rotatable bonds is 7. The second-order valence-electron chi connectivity index (χ2n) is 4.96. The second-order valence-corrected chi connectivity index (χ2v) is 4.96. The number of hydrogen-bond donors (Lipinski definition) is 1. The lowest BCUT2D eigenvalue weighted by atomic mass is 9.99. The Kier molecular flexibility index (Phi) is 6.28. The lowest BCUT2D eigenvalue weighted by molar-refractivity contribution is 0.473. The van der Waals surface area contributed by atoms with Crippen LogP contribution < -0.4 is 5.32 Å². The smallest absolute Gasteiger partial charge is 0.101 e. The maximum atomic E-state index is 9.08. The molecule has 1 rings (SSSR count). The highest BCUT2D eigenvalue weighted by molar-refractivity contribution is 5.58. The zero-order valence-corrected chi connectivity index (χ0v) is 11.8. The molecule has 1 aromatic carbocycles. The molecule has 0 aliphatic heterocycles.